The number of hydrogen-bond donors (Lipinski definition) is 0. The van der Waals surface area contributed by atoms with Gasteiger partial charge in [-0.15, -0.1) is 0 Å². The average molecular weight is 321 g/mol. The molecular formula is C19H19N3O2. The Hall–Kier alpha value is -2.95. The number of para-hydroxylation sites is 1. The monoisotopic (exact) mass is 321 g/mol. The summed E-state index contributed by atoms with van der Waals surface area (Å²) in [4.78, 5) is 31.7. The molecule has 3 aromatic rings. The van der Waals surface area contributed by atoms with Gasteiger partial charge in [0.15, 0.2) is 0 Å². The molecule has 0 aliphatic carbocycles. The molecule has 0 aliphatic heterocycles. The van der Waals surface area contributed by atoms with Gasteiger partial charge in [-0.2, -0.15) is 0 Å². The van der Waals surface area contributed by atoms with Crippen LogP contribution in [0.25, 0.3) is 11.0 Å². The number of aryl methyl sites for hydroxylation is 1. The van der Waals surface area contributed by atoms with Crippen LogP contribution in [-0.2, 0) is 6.54 Å². The minimum Gasteiger partial charge on any atom is -0.308 e. The zero-order chi connectivity index (χ0) is 17.1. The molecule has 0 saturated heterocycles. The van der Waals surface area contributed by atoms with E-state index in [4.69, 9.17) is 0 Å². The van der Waals surface area contributed by atoms with E-state index in [0.29, 0.717) is 18.7 Å². The van der Waals surface area contributed by atoms with Gasteiger partial charge in [0, 0.05) is 30.4 Å². The van der Waals surface area contributed by atoms with Crippen molar-refractivity contribution in [1.29, 1.82) is 0 Å². The van der Waals surface area contributed by atoms with Crippen LogP contribution in [0.3, 0.4) is 0 Å². The molecule has 2 heterocycles. The zero-order valence-corrected chi connectivity index (χ0v) is 13.8. The summed E-state index contributed by atoms with van der Waals surface area (Å²) >= 11 is 0. The number of fused-ring (bicyclic) bond motifs is 1. The van der Waals surface area contributed by atoms with E-state index in [-0.39, 0.29) is 17.0 Å². The molecule has 1 aromatic carbocycles. The molecule has 5 heteroatoms. The van der Waals surface area contributed by atoms with E-state index in [1.807, 2.05) is 50.2 Å². The lowest BCUT2D eigenvalue weighted by Crippen LogP contribution is -2.36. The van der Waals surface area contributed by atoms with Gasteiger partial charge in [-0.05, 0) is 44.2 Å². The number of pyridine rings is 2. The molecular weight excluding hydrogens is 302 g/mol. The minimum absolute atomic E-state index is 0.169. The van der Waals surface area contributed by atoms with Crippen LogP contribution >= 0.6 is 0 Å². The first-order valence-electron chi connectivity index (χ1n) is 8.02. The lowest BCUT2D eigenvalue weighted by Gasteiger charge is -2.21. The van der Waals surface area contributed by atoms with Crippen LogP contribution < -0.4 is 10.5 Å². The highest BCUT2D eigenvalue weighted by Gasteiger charge is 2.21. The van der Waals surface area contributed by atoms with Crippen molar-refractivity contribution in [2.45, 2.75) is 20.4 Å². The van der Waals surface area contributed by atoms with Crippen LogP contribution in [0.2, 0.25) is 0 Å². The Labute approximate surface area is 140 Å². The van der Waals surface area contributed by atoms with Crippen molar-refractivity contribution in [3.8, 4) is 0 Å². The molecule has 1 amide bonds. The molecule has 0 fully saturated rings. The standard InChI is InChI=1S/C19H19N3O2/c1-3-21(15-10-6-5-7-11-15)18(23)16-13-14-9-8-12-20-17(14)22(4-2)19(16)24/h5-13H,3-4H2,1-2H3. The molecule has 24 heavy (non-hydrogen) atoms. The van der Waals surface area contributed by atoms with Gasteiger partial charge in [0.25, 0.3) is 11.5 Å². The van der Waals surface area contributed by atoms with Gasteiger partial charge in [0.2, 0.25) is 0 Å². The first kappa shape index (κ1) is 15.9. The number of amides is 1. The number of hydrogen-bond acceptors (Lipinski definition) is 3. The maximum absolute atomic E-state index is 13.0. The van der Waals surface area contributed by atoms with Gasteiger partial charge in [-0.25, -0.2) is 4.98 Å². The Morgan fingerprint density at radius 3 is 2.54 bits per heavy atom. The van der Waals surface area contributed by atoms with E-state index in [0.717, 1.165) is 11.1 Å². The third kappa shape index (κ3) is 2.69. The third-order valence-electron chi connectivity index (χ3n) is 4.02. The molecule has 0 atom stereocenters. The van der Waals surface area contributed by atoms with Gasteiger partial charge in [0.1, 0.15) is 11.2 Å². The van der Waals surface area contributed by atoms with E-state index >= 15 is 0 Å². The largest absolute Gasteiger partial charge is 0.308 e. The smallest absolute Gasteiger partial charge is 0.265 e. The summed E-state index contributed by atoms with van der Waals surface area (Å²) in [6, 6.07) is 14.7. The van der Waals surface area contributed by atoms with Gasteiger partial charge in [-0.3, -0.25) is 14.2 Å². The fourth-order valence-corrected chi connectivity index (χ4v) is 2.85. The van der Waals surface area contributed by atoms with Crippen LogP contribution in [0.5, 0.6) is 0 Å². The summed E-state index contributed by atoms with van der Waals surface area (Å²) in [6.07, 6.45) is 1.65. The molecule has 0 unspecified atom stereocenters. The summed E-state index contributed by atoms with van der Waals surface area (Å²) in [5.74, 6) is -0.290. The van der Waals surface area contributed by atoms with Gasteiger partial charge in [-0.1, -0.05) is 18.2 Å². The predicted molar refractivity (Wildman–Crippen MR) is 95.5 cm³/mol. The molecule has 0 bridgehead atoms. The Bertz CT molecular complexity index is 932. The minimum atomic E-state index is -0.303. The lowest BCUT2D eigenvalue weighted by molar-refractivity contribution is 0.0986. The number of aromatic nitrogens is 2. The Balaban J connectivity index is 2.16. The van der Waals surface area contributed by atoms with E-state index in [9.17, 15) is 9.59 Å². The predicted octanol–water partition coefficient (Wildman–Crippen LogP) is 3.08. The van der Waals surface area contributed by atoms with E-state index in [2.05, 4.69) is 4.98 Å². The molecule has 5 nitrogen and oxygen atoms in total. The number of anilines is 1. The van der Waals surface area contributed by atoms with Crippen molar-refractivity contribution >= 4 is 22.6 Å². The van der Waals surface area contributed by atoms with Crippen LogP contribution in [0.4, 0.5) is 5.69 Å². The molecule has 0 radical (unpaired) electrons. The number of rotatable bonds is 4. The van der Waals surface area contributed by atoms with E-state index < -0.39 is 0 Å². The van der Waals surface area contributed by atoms with Crippen molar-refractivity contribution in [2.24, 2.45) is 0 Å². The van der Waals surface area contributed by atoms with E-state index in [1.54, 1.807) is 27.8 Å². The second kappa shape index (κ2) is 6.66. The highest BCUT2D eigenvalue weighted by atomic mass is 16.2. The second-order valence-corrected chi connectivity index (χ2v) is 5.41. The molecule has 122 valence electrons. The fourth-order valence-electron chi connectivity index (χ4n) is 2.85. The van der Waals surface area contributed by atoms with Gasteiger partial charge < -0.3 is 4.90 Å². The third-order valence-corrected chi connectivity index (χ3v) is 4.02. The normalized spacial score (nSPS) is 10.8. The SMILES string of the molecule is CCN(C(=O)c1cc2cccnc2n(CC)c1=O)c1ccccc1. The first-order chi connectivity index (χ1) is 11.7. The van der Waals surface area contributed by atoms with Crippen molar-refractivity contribution in [1.82, 2.24) is 9.55 Å². The van der Waals surface area contributed by atoms with Crippen molar-refractivity contribution in [3.05, 3.63) is 70.6 Å². The lowest BCUT2D eigenvalue weighted by atomic mass is 10.1. The number of carbonyl (C=O) groups is 1. The summed E-state index contributed by atoms with van der Waals surface area (Å²) in [7, 11) is 0. The molecule has 0 N–H and O–H groups in total. The molecule has 0 saturated carbocycles. The van der Waals surface area contributed by atoms with Gasteiger partial charge >= 0.3 is 0 Å². The summed E-state index contributed by atoms with van der Waals surface area (Å²) in [5, 5.41) is 0.784. The maximum atomic E-state index is 13.0. The van der Waals surface area contributed by atoms with Gasteiger partial charge in [0.05, 0.1) is 0 Å². The second-order valence-electron chi connectivity index (χ2n) is 5.41. The summed E-state index contributed by atoms with van der Waals surface area (Å²) in [6.45, 7) is 4.72. The van der Waals surface area contributed by atoms with Crippen LogP contribution in [-0.4, -0.2) is 22.0 Å². The van der Waals surface area contributed by atoms with E-state index in [1.165, 1.54) is 0 Å². The number of nitrogens with zero attached hydrogens (tertiary/aromatic N) is 3. The quantitative estimate of drug-likeness (QED) is 0.742. The topological polar surface area (TPSA) is 55.2 Å². The van der Waals surface area contributed by atoms with Crippen molar-refractivity contribution in [2.75, 3.05) is 11.4 Å². The van der Waals surface area contributed by atoms with Crippen LogP contribution in [0.1, 0.15) is 24.2 Å². The molecule has 3 rings (SSSR count). The Morgan fingerprint density at radius 1 is 1.12 bits per heavy atom. The van der Waals surface area contributed by atoms with Crippen molar-refractivity contribution < 1.29 is 4.79 Å². The Kier molecular flexibility index (Phi) is 4.42. The number of carbonyl (C=O) groups excluding carboxylic acids is 1. The Morgan fingerprint density at radius 2 is 1.88 bits per heavy atom. The highest BCUT2D eigenvalue weighted by Crippen LogP contribution is 2.17. The molecule has 0 spiro atoms. The molecule has 0 aliphatic rings. The maximum Gasteiger partial charge on any atom is 0.265 e. The average Bonchev–Trinajstić information content (AvgIpc) is 2.62. The summed E-state index contributed by atoms with van der Waals surface area (Å²) < 4.78 is 1.54. The number of benzene rings is 1. The van der Waals surface area contributed by atoms with Crippen LogP contribution in [0.15, 0.2) is 59.5 Å². The zero-order valence-electron chi connectivity index (χ0n) is 13.8. The fraction of sp³-hybridized carbons (Fsp3) is 0.211. The highest BCUT2D eigenvalue weighted by molar-refractivity contribution is 6.07. The summed E-state index contributed by atoms with van der Waals surface area (Å²) in [5.41, 5.74) is 1.24. The van der Waals surface area contributed by atoms with Crippen molar-refractivity contribution in [3.63, 3.8) is 0 Å². The first-order valence-corrected chi connectivity index (χ1v) is 8.02. The molecule has 2 aromatic heterocycles. The van der Waals surface area contributed by atoms with Crippen LogP contribution in [0, 0.1) is 0 Å².